The van der Waals surface area contributed by atoms with Gasteiger partial charge in [0.2, 0.25) is 0 Å². The van der Waals surface area contributed by atoms with Gasteiger partial charge in [-0.05, 0) is 24.6 Å². The summed E-state index contributed by atoms with van der Waals surface area (Å²) in [6.45, 7) is 1.58. The van der Waals surface area contributed by atoms with Crippen molar-refractivity contribution in [2.24, 2.45) is 5.92 Å². The molecule has 0 saturated carbocycles. The molecule has 1 rings (SSSR count). The number of ether oxygens (including phenoxy) is 1. The molecule has 0 radical (unpaired) electrons. The highest BCUT2D eigenvalue weighted by molar-refractivity contribution is 5.98. The van der Waals surface area contributed by atoms with E-state index in [2.05, 4.69) is 0 Å². The van der Waals surface area contributed by atoms with Gasteiger partial charge in [-0.3, -0.25) is 4.79 Å². The SMILES string of the molecule is CCC(CO)C(=O)c1ccc(OC)c(F)c1. The minimum Gasteiger partial charge on any atom is -0.494 e. The predicted molar refractivity (Wildman–Crippen MR) is 58.1 cm³/mol. The van der Waals surface area contributed by atoms with Crippen LogP contribution in [0.3, 0.4) is 0 Å². The maximum atomic E-state index is 13.3. The molecule has 0 saturated heterocycles. The lowest BCUT2D eigenvalue weighted by Gasteiger charge is -2.11. The summed E-state index contributed by atoms with van der Waals surface area (Å²) in [4.78, 5) is 11.8. The Morgan fingerprint density at radius 3 is 2.69 bits per heavy atom. The summed E-state index contributed by atoms with van der Waals surface area (Å²) in [7, 11) is 1.36. The highest BCUT2D eigenvalue weighted by atomic mass is 19.1. The van der Waals surface area contributed by atoms with Crippen LogP contribution in [-0.2, 0) is 0 Å². The molecule has 1 atom stereocenters. The third-order valence-corrected chi connectivity index (χ3v) is 2.52. The molecule has 88 valence electrons. The molecule has 16 heavy (non-hydrogen) atoms. The monoisotopic (exact) mass is 226 g/mol. The van der Waals surface area contributed by atoms with E-state index in [1.807, 2.05) is 0 Å². The second-order valence-corrected chi connectivity index (χ2v) is 3.50. The molecule has 0 aliphatic carbocycles. The van der Waals surface area contributed by atoms with Crippen molar-refractivity contribution in [3.63, 3.8) is 0 Å². The molecule has 0 bridgehead atoms. The average molecular weight is 226 g/mol. The molecule has 0 aliphatic rings. The van der Waals surface area contributed by atoms with Gasteiger partial charge in [0.25, 0.3) is 0 Å². The van der Waals surface area contributed by atoms with Gasteiger partial charge in [0, 0.05) is 11.5 Å². The first kappa shape index (κ1) is 12.6. The maximum Gasteiger partial charge on any atom is 0.168 e. The Labute approximate surface area is 93.9 Å². The molecule has 0 aliphatic heterocycles. The fourth-order valence-corrected chi connectivity index (χ4v) is 1.45. The first-order valence-corrected chi connectivity index (χ1v) is 5.12. The number of benzene rings is 1. The summed E-state index contributed by atoms with van der Waals surface area (Å²) in [6, 6.07) is 4.05. The third-order valence-electron chi connectivity index (χ3n) is 2.52. The van der Waals surface area contributed by atoms with Crippen LogP contribution in [0.5, 0.6) is 5.75 Å². The van der Waals surface area contributed by atoms with Gasteiger partial charge in [-0.1, -0.05) is 6.92 Å². The van der Waals surface area contributed by atoms with Crippen LogP contribution in [0, 0.1) is 11.7 Å². The second-order valence-electron chi connectivity index (χ2n) is 3.50. The van der Waals surface area contributed by atoms with Crippen LogP contribution in [0.1, 0.15) is 23.7 Å². The number of rotatable bonds is 5. The van der Waals surface area contributed by atoms with E-state index in [1.54, 1.807) is 6.92 Å². The Morgan fingerprint density at radius 1 is 1.56 bits per heavy atom. The van der Waals surface area contributed by atoms with Crippen LogP contribution in [-0.4, -0.2) is 24.6 Å². The summed E-state index contributed by atoms with van der Waals surface area (Å²) in [5.41, 5.74) is 0.263. The number of halogens is 1. The molecule has 0 aromatic heterocycles. The zero-order valence-corrected chi connectivity index (χ0v) is 9.37. The number of aliphatic hydroxyl groups is 1. The molecule has 1 aromatic carbocycles. The van der Waals surface area contributed by atoms with E-state index in [9.17, 15) is 9.18 Å². The van der Waals surface area contributed by atoms with Crippen molar-refractivity contribution in [2.45, 2.75) is 13.3 Å². The number of Topliss-reactive ketones (excluding diaryl/α,β-unsaturated/α-hetero) is 1. The van der Waals surface area contributed by atoms with Crippen LogP contribution in [0.4, 0.5) is 4.39 Å². The van der Waals surface area contributed by atoms with E-state index in [1.165, 1.54) is 19.2 Å². The number of hydrogen-bond donors (Lipinski definition) is 1. The Kier molecular flexibility index (Phi) is 4.43. The first-order chi connectivity index (χ1) is 7.63. The second kappa shape index (κ2) is 5.61. The minimum absolute atomic E-state index is 0.105. The van der Waals surface area contributed by atoms with E-state index in [0.717, 1.165) is 6.07 Å². The molecular weight excluding hydrogens is 211 g/mol. The predicted octanol–water partition coefficient (Wildman–Crippen LogP) is 2.04. The fourth-order valence-electron chi connectivity index (χ4n) is 1.45. The molecule has 1 aromatic rings. The Hall–Kier alpha value is -1.42. The molecule has 0 spiro atoms. The topological polar surface area (TPSA) is 46.5 Å². The van der Waals surface area contributed by atoms with Gasteiger partial charge in [0.05, 0.1) is 13.7 Å². The van der Waals surface area contributed by atoms with E-state index < -0.39 is 11.7 Å². The van der Waals surface area contributed by atoms with Crippen LogP contribution in [0.15, 0.2) is 18.2 Å². The molecule has 1 unspecified atom stereocenters. The van der Waals surface area contributed by atoms with Gasteiger partial charge in [0.15, 0.2) is 17.3 Å². The summed E-state index contributed by atoms with van der Waals surface area (Å²) >= 11 is 0. The van der Waals surface area contributed by atoms with E-state index in [4.69, 9.17) is 9.84 Å². The molecule has 3 nitrogen and oxygen atoms in total. The first-order valence-electron chi connectivity index (χ1n) is 5.12. The standard InChI is InChI=1S/C12H15FO3/c1-3-8(7-14)12(15)9-4-5-11(16-2)10(13)6-9/h4-6,8,14H,3,7H2,1-2H3. The molecule has 0 amide bonds. The number of methoxy groups -OCH3 is 1. The van der Waals surface area contributed by atoms with Crippen molar-refractivity contribution in [1.29, 1.82) is 0 Å². The van der Waals surface area contributed by atoms with E-state index in [0.29, 0.717) is 6.42 Å². The van der Waals surface area contributed by atoms with Crippen molar-refractivity contribution in [3.05, 3.63) is 29.6 Å². The van der Waals surface area contributed by atoms with Crippen molar-refractivity contribution < 1.29 is 19.0 Å². The summed E-state index contributed by atoms with van der Waals surface area (Å²) in [5.74, 6) is -1.17. The maximum absolute atomic E-state index is 13.3. The average Bonchev–Trinajstić information content (AvgIpc) is 2.30. The van der Waals surface area contributed by atoms with E-state index in [-0.39, 0.29) is 23.7 Å². The Balaban J connectivity index is 2.96. The van der Waals surface area contributed by atoms with Gasteiger partial charge in [-0.15, -0.1) is 0 Å². The molecule has 0 heterocycles. The third kappa shape index (κ3) is 2.58. The van der Waals surface area contributed by atoms with Crippen molar-refractivity contribution >= 4 is 5.78 Å². The zero-order chi connectivity index (χ0) is 12.1. The molecule has 0 fully saturated rings. The van der Waals surface area contributed by atoms with Crippen LogP contribution < -0.4 is 4.74 Å². The lowest BCUT2D eigenvalue weighted by molar-refractivity contribution is 0.0856. The van der Waals surface area contributed by atoms with Crippen LogP contribution >= 0.6 is 0 Å². The summed E-state index contributed by atoms with van der Waals surface area (Å²) in [6.07, 6.45) is 0.531. The number of carbonyl (C=O) groups is 1. The van der Waals surface area contributed by atoms with Gasteiger partial charge in [0.1, 0.15) is 0 Å². The largest absolute Gasteiger partial charge is 0.494 e. The number of ketones is 1. The van der Waals surface area contributed by atoms with Crippen molar-refractivity contribution in [2.75, 3.05) is 13.7 Å². The smallest absolute Gasteiger partial charge is 0.168 e. The van der Waals surface area contributed by atoms with Crippen LogP contribution in [0.25, 0.3) is 0 Å². The lowest BCUT2D eigenvalue weighted by Crippen LogP contribution is -2.18. The van der Waals surface area contributed by atoms with Crippen LogP contribution in [0.2, 0.25) is 0 Å². The lowest BCUT2D eigenvalue weighted by atomic mass is 9.96. The Bertz CT molecular complexity index is 373. The quantitative estimate of drug-likeness (QED) is 0.781. The normalized spacial score (nSPS) is 12.2. The highest BCUT2D eigenvalue weighted by Gasteiger charge is 2.18. The van der Waals surface area contributed by atoms with Gasteiger partial charge in [-0.2, -0.15) is 0 Å². The Morgan fingerprint density at radius 2 is 2.25 bits per heavy atom. The number of carbonyl (C=O) groups excluding carboxylic acids is 1. The zero-order valence-electron chi connectivity index (χ0n) is 9.37. The van der Waals surface area contributed by atoms with E-state index >= 15 is 0 Å². The van der Waals surface area contributed by atoms with Gasteiger partial charge in [-0.25, -0.2) is 4.39 Å². The summed E-state index contributed by atoms with van der Waals surface area (Å²) < 4.78 is 18.1. The van der Waals surface area contributed by atoms with Gasteiger partial charge < -0.3 is 9.84 Å². The molecule has 4 heteroatoms. The van der Waals surface area contributed by atoms with Crippen molar-refractivity contribution in [3.8, 4) is 5.75 Å². The van der Waals surface area contributed by atoms with Crippen molar-refractivity contribution in [1.82, 2.24) is 0 Å². The molecule has 1 N–H and O–H groups in total. The van der Waals surface area contributed by atoms with Gasteiger partial charge >= 0.3 is 0 Å². The molecular formula is C12H15FO3. The number of aliphatic hydroxyl groups excluding tert-OH is 1. The summed E-state index contributed by atoms with van der Waals surface area (Å²) in [5, 5.41) is 8.99. The number of hydrogen-bond acceptors (Lipinski definition) is 3. The fraction of sp³-hybridized carbons (Fsp3) is 0.417. The highest BCUT2D eigenvalue weighted by Crippen LogP contribution is 2.20. The minimum atomic E-state index is -0.568.